The molecule has 0 saturated carbocycles. The van der Waals surface area contributed by atoms with Gasteiger partial charge in [-0.1, -0.05) is 6.07 Å². The molecule has 1 N–H and O–H groups in total. The monoisotopic (exact) mass is 233 g/mol. The summed E-state index contributed by atoms with van der Waals surface area (Å²) >= 11 is 0. The van der Waals surface area contributed by atoms with E-state index in [1.165, 1.54) is 13.5 Å². The van der Waals surface area contributed by atoms with Crippen LogP contribution < -0.4 is 0 Å². The van der Waals surface area contributed by atoms with Crippen LogP contribution in [0.5, 0.6) is 0 Å². The van der Waals surface area contributed by atoms with Gasteiger partial charge in [0.05, 0.1) is 6.61 Å². The third kappa shape index (κ3) is 2.51. The predicted molar refractivity (Wildman–Crippen MR) is 61.5 cm³/mol. The number of oxazole rings is 1. The Morgan fingerprint density at radius 2 is 2.41 bits per heavy atom. The Bertz CT molecular complexity index is 571. The average molecular weight is 233 g/mol. The maximum Gasteiger partial charge on any atom is 0.328 e. The van der Waals surface area contributed by atoms with E-state index < -0.39 is 5.97 Å². The van der Waals surface area contributed by atoms with Gasteiger partial charge in [0.15, 0.2) is 12.0 Å². The first-order valence-electron chi connectivity index (χ1n) is 4.97. The van der Waals surface area contributed by atoms with Gasteiger partial charge in [0.25, 0.3) is 0 Å². The Morgan fingerprint density at radius 3 is 3.12 bits per heavy atom. The summed E-state index contributed by atoms with van der Waals surface area (Å²) in [5.41, 5.74) is 2.69. The number of carbonyl (C=O) groups is 1. The standard InChI is InChI=1S/C12H11NO4/c1-16-6-9(5-12(14)15)8-2-3-10-11(4-8)17-7-13-10/h2-5,7H,6H2,1H3,(H,14,15)/b9-5+. The van der Waals surface area contributed by atoms with Crippen molar-refractivity contribution in [2.45, 2.75) is 0 Å². The number of hydrogen-bond acceptors (Lipinski definition) is 4. The normalized spacial score (nSPS) is 11.9. The first-order chi connectivity index (χ1) is 8.20. The zero-order valence-electron chi connectivity index (χ0n) is 9.21. The number of methoxy groups -OCH3 is 1. The molecule has 0 spiro atoms. The molecule has 88 valence electrons. The SMILES string of the molecule is COC/C(=C\C(=O)O)c1ccc2ncoc2c1. The Hall–Kier alpha value is -2.14. The molecule has 0 radical (unpaired) electrons. The van der Waals surface area contributed by atoms with Crippen LogP contribution in [-0.4, -0.2) is 29.8 Å². The summed E-state index contributed by atoms with van der Waals surface area (Å²) in [5.74, 6) is -1.00. The molecule has 17 heavy (non-hydrogen) atoms. The molecule has 0 aliphatic rings. The van der Waals surface area contributed by atoms with Crippen molar-refractivity contribution in [3.8, 4) is 0 Å². The van der Waals surface area contributed by atoms with Gasteiger partial charge in [-0.3, -0.25) is 0 Å². The van der Waals surface area contributed by atoms with E-state index in [0.717, 1.165) is 17.2 Å². The number of aliphatic carboxylic acids is 1. The third-order valence-corrected chi connectivity index (χ3v) is 2.30. The molecule has 2 aromatic rings. The number of fused-ring (bicyclic) bond motifs is 1. The van der Waals surface area contributed by atoms with E-state index in [1.807, 2.05) is 0 Å². The third-order valence-electron chi connectivity index (χ3n) is 2.30. The second kappa shape index (κ2) is 4.80. The van der Waals surface area contributed by atoms with E-state index in [0.29, 0.717) is 11.2 Å². The van der Waals surface area contributed by atoms with Crippen LogP contribution in [0, 0.1) is 0 Å². The van der Waals surface area contributed by atoms with Crippen LogP contribution >= 0.6 is 0 Å². The minimum Gasteiger partial charge on any atom is -0.478 e. The van der Waals surface area contributed by atoms with E-state index >= 15 is 0 Å². The molecule has 0 aliphatic heterocycles. The number of carboxylic acids is 1. The minimum atomic E-state index is -1.00. The smallest absolute Gasteiger partial charge is 0.328 e. The lowest BCUT2D eigenvalue weighted by Gasteiger charge is -2.05. The minimum absolute atomic E-state index is 0.228. The summed E-state index contributed by atoms with van der Waals surface area (Å²) in [6.07, 6.45) is 2.48. The number of benzene rings is 1. The summed E-state index contributed by atoms with van der Waals surface area (Å²) in [7, 11) is 1.52. The second-order valence-electron chi connectivity index (χ2n) is 3.48. The molecule has 0 unspecified atom stereocenters. The van der Waals surface area contributed by atoms with Crippen LogP contribution in [0.4, 0.5) is 0 Å². The fraction of sp³-hybridized carbons (Fsp3) is 0.167. The average Bonchev–Trinajstić information content (AvgIpc) is 2.74. The lowest BCUT2D eigenvalue weighted by Crippen LogP contribution is -1.98. The van der Waals surface area contributed by atoms with Crippen LogP contribution in [-0.2, 0) is 9.53 Å². The number of nitrogens with zero attached hydrogens (tertiary/aromatic N) is 1. The molecule has 0 amide bonds. The molecule has 0 saturated heterocycles. The first kappa shape index (κ1) is 11.3. The molecule has 1 aromatic carbocycles. The fourth-order valence-electron chi connectivity index (χ4n) is 1.57. The lowest BCUT2D eigenvalue weighted by atomic mass is 10.1. The second-order valence-corrected chi connectivity index (χ2v) is 3.48. The maximum atomic E-state index is 10.7. The summed E-state index contributed by atoms with van der Waals surface area (Å²) in [6.45, 7) is 0.228. The van der Waals surface area contributed by atoms with E-state index in [4.69, 9.17) is 14.3 Å². The van der Waals surface area contributed by atoms with Crippen LogP contribution in [0.3, 0.4) is 0 Å². The number of ether oxygens (including phenoxy) is 1. The first-order valence-corrected chi connectivity index (χ1v) is 4.97. The van der Waals surface area contributed by atoms with Gasteiger partial charge in [0.2, 0.25) is 0 Å². The zero-order chi connectivity index (χ0) is 12.3. The van der Waals surface area contributed by atoms with Gasteiger partial charge >= 0.3 is 5.97 Å². The topological polar surface area (TPSA) is 72.6 Å². The van der Waals surface area contributed by atoms with Crippen molar-refractivity contribution in [1.29, 1.82) is 0 Å². The zero-order valence-corrected chi connectivity index (χ0v) is 9.21. The molecular weight excluding hydrogens is 222 g/mol. The van der Waals surface area contributed by atoms with Crippen molar-refractivity contribution in [3.63, 3.8) is 0 Å². The Morgan fingerprint density at radius 1 is 1.59 bits per heavy atom. The maximum absolute atomic E-state index is 10.7. The molecule has 0 aliphatic carbocycles. The highest BCUT2D eigenvalue weighted by molar-refractivity contribution is 5.91. The van der Waals surface area contributed by atoms with E-state index in [9.17, 15) is 4.79 Å². The molecule has 0 bridgehead atoms. The molecule has 5 nitrogen and oxygen atoms in total. The summed E-state index contributed by atoms with van der Waals surface area (Å²) in [5, 5.41) is 8.78. The van der Waals surface area contributed by atoms with Crippen molar-refractivity contribution in [2.24, 2.45) is 0 Å². The number of rotatable bonds is 4. The van der Waals surface area contributed by atoms with Crippen LogP contribution in [0.2, 0.25) is 0 Å². The van der Waals surface area contributed by atoms with Crippen LogP contribution in [0.1, 0.15) is 5.56 Å². The van der Waals surface area contributed by atoms with E-state index in [2.05, 4.69) is 4.98 Å². The predicted octanol–water partition coefficient (Wildman–Crippen LogP) is 1.94. The highest BCUT2D eigenvalue weighted by Crippen LogP contribution is 2.20. The van der Waals surface area contributed by atoms with E-state index in [-0.39, 0.29) is 6.61 Å². The van der Waals surface area contributed by atoms with Crippen LogP contribution in [0.25, 0.3) is 16.7 Å². The highest BCUT2D eigenvalue weighted by Gasteiger charge is 2.07. The van der Waals surface area contributed by atoms with Crippen molar-refractivity contribution in [3.05, 3.63) is 36.2 Å². The summed E-state index contributed by atoms with van der Waals surface area (Å²) < 4.78 is 10.1. The molecule has 2 rings (SSSR count). The lowest BCUT2D eigenvalue weighted by molar-refractivity contribution is -0.131. The molecular formula is C12H11NO4. The number of hydrogen-bond donors (Lipinski definition) is 1. The highest BCUT2D eigenvalue weighted by atomic mass is 16.5. The summed E-state index contributed by atoms with van der Waals surface area (Å²) in [4.78, 5) is 14.7. The van der Waals surface area contributed by atoms with Crippen molar-refractivity contribution < 1.29 is 19.1 Å². The van der Waals surface area contributed by atoms with Gasteiger partial charge in [-0.25, -0.2) is 9.78 Å². The fourth-order valence-corrected chi connectivity index (χ4v) is 1.57. The van der Waals surface area contributed by atoms with Crippen molar-refractivity contribution in [1.82, 2.24) is 4.98 Å². The molecule has 5 heteroatoms. The van der Waals surface area contributed by atoms with Gasteiger partial charge in [0.1, 0.15) is 5.52 Å². The largest absolute Gasteiger partial charge is 0.478 e. The number of aromatic nitrogens is 1. The Kier molecular flexibility index (Phi) is 3.20. The quantitative estimate of drug-likeness (QED) is 0.817. The van der Waals surface area contributed by atoms with Crippen molar-refractivity contribution >= 4 is 22.6 Å². The molecule has 0 fully saturated rings. The van der Waals surface area contributed by atoms with Gasteiger partial charge in [-0.15, -0.1) is 0 Å². The van der Waals surface area contributed by atoms with Gasteiger partial charge in [0, 0.05) is 13.2 Å². The van der Waals surface area contributed by atoms with Crippen molar-refractivity contribution in [2.75, 3.05) is 13.7 Å². The van der Waals surface area contributed by atoms with Gasteiger partial charge in [-0.05, 0) is 23.3 Å². The Labute approximate surface area is 97.3 Å². The Balaban J connectivity index is 2.44. The summed E-state index contributed by atoms with van der Waals surface area (Å²) in [6, 6.07) is 5.31. The van der Waals surface area contributed by atoms with E-state index in [1.54, 1.807) is 18.2 Å². The van der Waals surface area contributed by atoms with Crippen LogP contribution in [0.15, 0.2) is 35.1 Å². The molecule has 1 aromatic heterocycles. The van der Waals surface area contributed by atoms with Gasteiger partial charge in [-0.2, -0.15) is 0 Å². The number of carboxylic acid groups (broad SMARTS) is 1. The van der Waals surface area contributed by atoms with Gasteiger partial charge < -0.3 is 14.3 Å². The molecule has 0 atom stereocenters. The molecule has 1 heterocycles.